The molecule has 12 nitrogen and oxygen atoms in total. The standard InChI is InChI=1S/C34H46ClFN8O4S/c1-4-5-20-48-32(45)24-43-18-16-42(17-19-43)23-25-12-14-44(15-13-25)30-11-10-26(21-28(30)36)38-34-37-22-27(35)33(40-34)39-29-8-6-7-9-31(29)41(2)49(3,46)47/h6-11,21-22,25H,4-5,12-20,23-24H2,1-3H3,(H2,37,38,39,40). The molecule has 0 radical (unpaired) electrons. The number of unbranched alkanes of at least 4 members (excludes halogenated alkanes) is 1. The van der Waals surface area contributed by atoms with Crippen LogP contribution in [0.2, 0.25) is 5.02 Å². The minimum absolute atomic E-state index is 0.134. The molecule has 3 heterocycles. The number of carbonyl (C=O) groups excluding carboxylic acids is 1. The number of piperidine rings is 1. The van der Waals surface area contributed by atoms with Crippen LogP contribution in [0.25, 0.3) is 0 Å². The number of esters is 1. The van der Waals surface area contributed by atoms with Crippen molar-refractivity contribution in [1.29, 1.82) is 0 Å². The number of sulfonamides is 1. The Balaban J connectivity index is 1.12. The Morgan fingerprint density at radius 2 is 1.78 bits per heavy atom. The molecule has 49 heavy (non-hydrogen) atoms. The van der Waals surface area contributed by atoms with Crippen LogP contribution in [0.5, 0.6) is 0 Å². The smallest absolute Gasteiger partial charge is 0.320 e. The zero-order valence-corrected chi connectivity index (χ0v) is 29.9. The minimum atomic E-state index is -3.50. The number of halogens is 2. The molecule has 0 spiro atoms. The van der Waals surface area contributed by atoms with Gasteiger partial charge in [0.15, 0.2) is 5.82 Å². The lowest BCUT2D eigenvalue weighted by Crippen LogP contribution is -2.50. The lowest BCUT2D eigenvalue weighted by atomic mass is 9.95. The summed E-state index contributed by atoms with van der Waals surface area (Å²) < 4.78 is 46.2. The number of rotatable bonds is 14. The van der Waals surface area contributed by atoms with E-state index < -0.39 is 10.0 Å². The summed E-state index contributed by atoms with van der Waals surface area (Å²) in [6.45, 7) is 9.13. The average molecular weight is 717 g/mol. The summed E-state index contributed by atoms with van der Waals surface area (Å²) in [7, 11) is -2.04. The van der Waals surface area contributed by atoms with Gasteiger partial charge < -0.3 is 25.2 Å². The van der Waals surface area contributed by atoms with Crippen LogP contribution >= 0.6 is 11.6 Å². The van der Waals surface area contributed by atoms with Crippen LogP contribution in [0, 0.1) is 11.7 Å². The first kappa shape index (κ1) is 36.6. The van der Waals surface area contributed by atoms with E-state index >= 15 is 4.39 Å². The summed E-state index contributed by atoms with van der Waals surface area (Å²) in [5, 5.41) is 6.37. The lowest BCUT2D eigenvalue weighted by Gasteiger charge is -2.39. The molecule has 1 aromatic heterocycles. The topological polar surface area (TPSA) is 123 Å². The SMILES string of the molecule is CCCCOC(=O)CN1CCN(CC2CCN(c3ccc(Nc4ncc(Cl)c(Nc5ccccc5N(C)S(C)(=O)=O)n4)cc3F)CC2)CC1. The maximum atomic E-state index is 15.4. The Kier molecular flexibility index (Phi) is 12.5. The molecule has 2 fully saturated rings. The van der Waals surface area contributed by atoms with Crippen molar-refractivity contribution < 1.29 is 22.3 Å². The van der Waals surface area contributed by atoms with E-state index in [-0.39, 0.29) is 28.6 Å². The van der Waals surface area contributed by atoms with Gasteiger partial charge in [-0.25, -0.2) is 17.8 Å². The fourth-order valence-corrected chi connectivity index (χ4v) is 6.71. The Labute approximate surface area is 293 Å². The fraction of sp³-hybridized carbons (Fsp3) is 0.500. The van der Waals surface area contributed by atoms with E-state index in [1.165, 1.54) is 19.3 Å². The van der Waals surface area contributed by atoms with Gasteiger partial charge in [0.2, 0.25) is 16.0 Å². The van der Waals surface area contributed by atoms with Crippen LogP contribution in [-0.2, 0) is 19.6 Å². The first-order chi connectivity index (χ1) is 23.5. The number of benzene rings is 2. The summed E-state index contributed by atoms with van der Waals surface area (Å²) in [5.74, 6) is 0.539. The molecule has 0 saturated carbocycles. The van der Waals surface area contributed by atoms with Crippen LogP contribution in [0.4, 0.5) is 38.9 Å². The van der Waals surface area contributed by atoms with Crippen molar-refractivity contribution in [2.45, 2.75) is 32.6 Å². The molecule has 5 rings (SSSR count). The van der Waals surface area contributed by atoms with Gasteiger partial charge in [0.25, 0.3) is 0 Å². The third-order valence-corrected chi connectivity index (χ3v) is 10.5. The van der Waals surface area contributed by atoms with E-state index in [0.29, 0.717) is 41.8 Å². The number of para-hydroxylation sites is 2. The Morgan fingerprint density at radius 1 is 1.06 bits per heavy atom. The number of carbonyl (C=O) groups is 1. The summed E-state index contributed by atoms with van der Waals surface area (Å²) in [5.41, 5.74) is 1.96. The lowest BCUT2D eigenvalue weighted by molar-refractivity contribution is -0.145. The normalized spacial score (nSPS) is 16.4. The Morgan fingerprint density at radius 3 is 2.47 bits per heavy atom. The molecule has 266 valence electrons. The molecule has 2 aliphatic heterocycles. The van der Waals surface area contributed by atoms with Gasteiger partial charge in [-0.1, -0.05) is 37.1 Å². The first-order valence-electron chi connectivity index (χ1n) is 16.7. The van der Waals surface area contributed by atoms with Gasteiger partial charge in [0.05, 0.1) is 42.7 Å². The molecule has 2 saturated heterocycles. The molecule has 3 aromatic rings. The van der Waals surface area contributed by atoms with Gasteiger partial charge in [-0.05, 0) is 55.5 Å². The van der Waals surface area contributed by atoms with Crippen molar-refractivity contribution in [3.63, 3.8) is 0 Å². The molecule has 2 N–H and O–H groups in total. The van der Waals surface area contributed by atoms with E-state index in [0.717, 1.165) is 82.1 Å². The number of nitrogens with one attached hydrogen (secondary N) is 2. The van der Waals surface area contributed by atoms with Crippen molar-refractivity contribution in [3.8, 4) is 0 Å². The van der Waals surface area contributed by atoms with Gasteiger partial charge in [-0.3, -0.25) is 14.0 Å². The maximum absolute atomic E-state index is 15.4. The molecule has 0 aliphatic carbocycles. The van der Waals surface area contributed by atoms with Crippen molar-refractivity contribution >= 4 is 62.1 Å². The van der Waals surface area contributed by atoms with Gasteiger partial charge in [-0.15, -0.1) is 0 Å². The van der Waals surface area contributed by atoms with Crippen molar-refractivity contribution in [2.24, 2.45) is 5.92 Å². The highest BCUT2D eigenvalue weighted by molar-refractivity contribution is 7.92. The highest BCUT2D eigenvalue weighted by atomic mass is 35.5. The van der Waals surface area contributed by atoms with Crippen LogP contribution in [0.1, 0.15) is 32.6 Å². The van der Waals surface area contributed by atoms with E-state index in [4.69, 9.17) is 16.3 Å². The summed E-state index contributed by atoms with van der Waals surface area (Å²) in [6, 6.07) is 11.9. The third kappa shape index (κ3) is 10.2. The van der Waals surface area contributed by atoms with E-state index in [9.17, 15) is 13.2 Å². The fourth-order valence-electron chi connectivity index (χ4n) is 6.06. The number of nitrogens with zero attached hydrogens (tertiary/aromatic N) is 6. The van der Waals surface area contributed by atoms with Crippen LogP contribution < -0.4 is 19.8 Å². The molecular weight excluding hydrogens is 671 g/mol. The Bertz CT molecular complexity index is 1680. The van der Waals surface area contributed by atoms with Gasteiger partial charge in [0, 0.05) is 58.5 Å². The van der Waals surface area contributed by atoms with Gasteiger partial charge >= 0.3 is 5.97 Å². The van der Waals surface area contributed by atoms with E-state index in [2.05, 4.69) is 42.2 Å². The van der Waals surface area contributed by atoms with Crippen molar-refractivity contribution in [1.82, 2.24) is 19.8 Å². The molecule has 2 aliphatic rings. The molecule has 0 atom stereocenters. The zero-order chi connectivity index (χ0) is 35.0. The number of hydrogen-bond acceptors (Lipinski definition) is 11. The van der Waals surface area contributed by atoms with Gasteiger partial charge in [0.1, 0.15) is 10.8 Å². The second-order valence-electron chi connectivity index (χ2n) is 12.6. The van der Waals surface area contributed by atoms with E-state index in [1.54, 1.807) is 36.4 Å². The van der Waals surface area contributed by atoms with Crippen LogP contribution in [0.15, 0.2) is 48.7 Å². The summed E-state index contributed by atoms with van der Waals surface area (Å²) in [6.07, 6.45) is 6.43. The number of ether oxygens (including phenoxy) is 1. The maximum Gasteiger partial charge on any atom is 0.320 e. The largest absolute Gasteiger partial charge is 0.465 e. The van der Waals surface area contributed by atoms with Gasteiger partial charge in [-0.2, -0.15) is 4.98 Å². The quantitative estimate of drug-likeness (QED) is 0.166. The first-order valence-corrected chi connectivity index (χ1v) is 19.0. The second-order valence-corrected chi connectivity index (χ2v) is 15.1. The Hall–Kier alpha value is -3.72. The third-order valence-electron chi connectivity index (χ3n) is 8.99. The van der Waals surface area contributed by atoms with Crippen molar-refractivity contribution in [2.75, 3.05) is 92.1 Å². The zero-order valence-electron chi connectivity index (χ0n) is 28.4. The minimum Gasteiger partial charge on any atom is -0.465 e. The summed E-state index contributed by atoms with van der Waals surface area (Å²) >= 11 is 6.38. The number of anilines is 6. The molecule has 0 amide bonds. The highest BCUT2D eigenvalue weighted by Gasteiger charge is 2.26. The van der Waals surface area contributed by atoms with Crippen LogP contribution in [-0.4, -0.2) is 106 Å². The van der Waals surface area contributed by atoms with Crippen molar-refractivity contribution in [3.05, 3.63) is 59.5 Å². The second kappa shape index (κ2) is 16.8. The van der Waals surface area contributed by atoms with Crippen LogP contribution in [0.3, 0.4) is 0 Å². The molecular formula is C34H46ClFN8O4S. The average Bonchev–Trinajstić information content (AvgIpc) is 3.07. The molecule has 2 aromatic carbocycles. The highest BCUT2D eigenvalue weighted by Crippen LogP contribution is 2.33. The summed E-state index contributed by atoms with van der Waals surface area (Å²) in [4.78, 5) is 27.5. The number of aromatic nitrogens is 2. The van der Waals surface area contributed by atoms with E-state index in [1.807, 2.05) is 0 Å². The monoisotopic (exact) mass is 716 g/mol. The number of piperazine rings is 1. The molecule has 0 unspecified atom stereocenters. The predicted molar refractivity (Wildman–Crippen MR) is 193 cm³/mol. The number of hydrogen-bond donors (Lipinski definition) is 2. The predicted octanol–water partition coefficient (Wildman–Crippen LogP) is 5.33. The molecule has 0 bridgehead atoms. The molecule has 15 heteroatoms.